The molecule has 0 N–H and O–H groups in total. The molecule has 0 aliphatic rings. The van der Waals surface area contributed by atoms with Crippen LogP contribution in [0.3, 0.4) is 0 Å². The van der Waals surface area contributed by atoms with E-state index < -0.39 is 6.10 Å². The van der Waals surface area contributed by atoms with Gasteiger partial charge in [0.25, 0.3) is 0 Å². The monoisotopic (exact) mass is 1110 g/mol. The zero-order valence-corrected chi connectivity index (χ0v) is 53.7. The van der Waals surface area contributed by atoms with E-state index in [1.54, 1.807) is 0 Å². The number of hydrogen-bond acceptors (Lipinski definition) is 6. The minimum absolute atomic E-state index is 0.0684. The Hall–Kier alpha value is -2.11. The van der Waals surface area contributed by atoms with E-state index >= 15 is 0 Å². The van der Waals surface area contributed by atoms with Gasteiger partial charge < -0.3 is 14.2 Å². The topological polar surface area (TPSA) is 78.9 Å². The molecule has 0 aliphatic heterocycles. The summed E-state index contributed by atoms with van der Waals surface area (Å²) >= 11 is 0. The summed E-state index contributed by atoms with van der Waals surface area (Å²) in [5.41, 5.74) is 0. The summed E-state index contributed by atoms with van der Waals surface area (Å²) in [7, 11) is 0. The lowest BCUT2D eigenvalue weighted by molar-refractivity contribution is -0.167. The van der Waals surface area contributed by atoms with Crippen molar-refractivity contribution in [2.45, 2.75) is 412 Å². The van der Waals surface area contributed by atoms with Crippen LogP contribution in [0.2, 0.25) is 0 Å². The summed E-state index contributed by atoms with van der Waals surface area (Å²) in [4.78, 5) is 38.3. The average Bonchev–Trinajstić information content (AvgIpc) is 3.45. The molecule has 1 unspecified atom stereocenters. The highest BCUT2D eigenvalue weighted by Gasteiger charge is 2.19. The van der Waals surface area contributed by atoms with Crippen LogP contribution in [0.1, 0.15) is 406 Å². The van der Waals surface area contributed by atoms with E-state index in [2.05, 4.69) is 45.1 Å². The van der Waals surface area contributed by atoms with Crippen LogP contribution in [-0.4, -0.2) is 37.2 Å². The summed E-state index contributed by atoms with van der Waals surface area (Å²) in [5, 5.41) is 0. The summed E-state index contributed by atoms with van der Waals surface area (Å²) in [6, 6.07) is 0. The van der Waals surface area contributed by atoms with E-state index in [-0.39, 0.29) is 31.1 Å². The average molecular weight is 1110 g/mol. The highest BCUT2D eigenvalue weighted by Crippen LogP contribution is 2.19. The number of hydrogen-bond donors (Lipinski definition) is 0. The van der Waals surface area contributed by atoms with Gasteiger partial charge in [-0.1, -0.05) is 360 Å². The Morgan fingerprint density at radius 2 is 0.456 bits per heavy atom. The molecule has 0 aromatic carbocycles. The molecule has 6 heteroatoms. The molecule has 6 nitrogen and oxygen atoms in total. The number of ether oxygens (including phenoxy) is 3. The Morgan fingerprint density at radius 1 is 0.253 bits per heavy atom. The normalized spacial score (nSPS) is 12.1. The van der Waals surface area contributed by atoms with Crippen LogP contribution in [0.15, 0.2) is 24.3 Å². The number of carbonyl (C=O) groups is 3. The second kappa shape index (κ2) is 68.4. The highest BCUT2D eigenvalue weighted by molar-refractivity contribution is 5.71. The second-order valence-electron chi connectivity index (χ2n) is 24.5. The van der Waals surface area contributed by atoms with Gasteiger partial charge in [0.15, 0.2) is 6.10 Å². The Labute approximate surface area is 493 Å². The number of carbonyl (C=O) groups excluding carboxylic acids is 3. The predicted molar refractivity (Wildman–Crippen MR) is 344 cm³/mol. The first-order valence-corrected chi connectivity index (χ1v) is 35.8. The van der Waals surface area contributed by atoms with Gasteiger partial charge in [0, 0.05) is 19.3 Å². The van der Waals surface area contributed by atoms with Gasteiger partial charge in [-0.05, 0) is 51.4 Å². The van der Waals surface area contributed by atoms with E-state index in [9.17, 15) is 14.4 Å². The molecule has 0 saturated carbocycles. The van der Waals surface area contributed by atoms with Crippen molar-refractivity contribution < 1.29 is 28.6 Å². The molecule has 0 bridgehead atoms. The molecule has 0 heterocycles. The Balaban J connectivity index is 4.08. The highest BCUT2D eigenvalue weighted by atomic mass is 16.6. The molecule has 0 spiro atoms. The lowest BCUT2D eigenvalue weighted by Crippen LogP contribution is -2.30. The molecule has 0 aromatic heterocycles. The van der Waals surface area contributed by atoms with Gasteiger partial charge in [0.05, 0.1) is 0 Å². The van der Waals surface area contributed by atoms with Crippen molar-refractivity contribution in [3.63, 3.8) is 0 Å². The number of unbranched alkanes of at least 4 members (excludes halogenated alkanes) is 52. The summed E-state index contributed by atoms with van der Waals surface area (Å²) in [6.45, 7) is 6.68. The first-order valence-electron chi connectivity index (χ1n) is 35.8. The largest absolute Gasteiger partial charge is 0.462 e. The molecular weight excluding hydrogens is 973 g/mol. The molecule has 0 fully saturated rings. The first-order chi connectivity index (χ1) is 39.0. The van der Waals surface area contributed by atoms with Crippen LogP contribution in [0.4, 0.5) is 0 Å². The Bertz CT molecular complexity index is 1270. The third-order valence-electron chi connectivity index (χ3n) is 16.5. The number of esters is 3. The fourth-order valence-electron chi connectivity index (χ4n) is 11.1. The van der Waals surface area contributed by atoms with Gasteiger partial charge in [0.1, 0.15) is 13.2 Å². The zero-order valence-electron chi connectivity index (χ0n) is 53.7. The van der Waals surface area contributed by atoms with Crippen molar-refractivity contribution in [3.05, 3.63) is 24.3 Å². The molecule has 79 heavy (non-hydrogen) atoms. The molecule has 0 aliphatic carbocycles. The van der Waals surface area contributed by atoms with Gasteiger partial charge in [-0.25, -0.2) is 0 Å². The minimum Gasteiger partial charge on any atom is -0.462 e. The van der Waals surface area contributed by atoms with E-state index in [0.29, 0.717) is 19.3 Å². The molecule has 466 valence electrons. The summed E-state index contributed by atoms with van der Waals surface area (Å²) < 4.78 is 17.0. The fraction of sp³-hybridized carbons (Fsp3) is 0.904. The fourth-order valence-corrected chi connectivity index (χ4v) is 11.1. The molecule has 0 aromatic rings. The Kier molecular flexibility index (Phi) is 66.6. The van der Waals surface area contributed by atoms with E-state index in [0.717, 1.165) is 70.6 Å². The molecule has 0 saturated heterocycles. The van der Waals surface area contributed by atoms with Crippen LogP contribution >= 0.6 is 0 Å². The van der Waals surface area contributed by atoms with E-state index in [1.165, 1.54) is 295 Å². The van der Waals surface area contributed by atoms with Crippen molar-refractivity contribution in [2.75, 3.05) is 13.2 Å². The maximum absolute atomic E-state index is 12.9. The molecule has 1 atom stereocenters. The van der Waals surface area contributed by atoms with Crippen molar-refractivity contribution in [1.82, 2.24) is 0 Å². The van der Waals surface area contributed by atoms with E-state index in [1.807, 2.05) is 0 Å². The van der Waals surface area contributed by atoms with Crippen molar-refractivity contribution in [1.29, 1.82) is 0 Å². The lowest BCUT2D eigenvalue weighted by atomic mass is 10.0. The van der Waals surface area contributed by atoms with Gasteiger partial charge in [-0.2, -0.15) is 0 Å². The summed E-state index contributed by atoms with van der Waals surface area (Å²) in [6.07, 6.45) is 83.7. The first kappa shape index (κ1) is 76.9. The van der Waals surface area contributed by atoms with Gasteiger partial charge in [0.2, 0.25) is 0 Å². The van der Waals surface area contributed by atoms with Crippen LogP contribution < -0.4 is 0 Å². The van der Waals surface area contributed by atoms with Crippen LogP contribution in [-0.2, 0) is 28.6 Å². The van der Waals surface area contributed by atoms with Crippen molar-refractivity contribution in [2.24, 2.45) is 0 Å². The predicted octanol–water partition coefficient (Wildman–Crippen LogP) is 24.6. The SMILES string of the molecule is CCCCC/C=C\C/C=C\CCCCCCCCCC(=O)OC(COC(=O)CCCCCCCCCCCCCC)COC(=O)CCCCCCCCCCCCCCCCCCCCCCCCCCCCCCCCCC. The summed E-state index contributed by atoms with van der Waals surface area (Å²) in [5.74, 6) is -0.847. The quantitative estimate of drug-likeness (QED) is 0.0261. The molecular formula is C73H138O6. The van der Waals surface area contributed by atoms with Gasteiger partial charge in [-0.3, -0.25) is 14.4 Å². The molecule has 0 amide bonds. The van der Waals surface area contributed by atoms with Gasteiger partial charge in [-0.15, -0.1) is 0 Å². The third kappa shape index (κ3) is 66.6. The standard InChI is InChI=1S/C73H138O6/c1-4-7-10-13-16-19-22-25-27-29-30-31-32-33-34-35-36-37-38-39-40-41-42-43-45-46-48-51-54-57-60-63-66-72(75)78-69-70(68-77-71(74)65-62-59-56-53-50-24-21-18-15-12-9-6-3)79-73(76)67-64-61-58-55-52-49-47-44-28-26-23-20-17-14-11-8-5-2/h17,20,26,28,70H,4-16,18-19,21-25,27,29-69H2,1-3H3/b20-17-,28-26-. The lowest BCUT2D eigenvalue weighted by Gasteiger charge is -2.18. The van der Waals surface area contributed by atoms with Crippen LogP contribution in [0.5, 0.6) is 0 Å². The smallest absolute Gasteiger partial charge is 0.306 e. The van der Waals surface area contributed by atoms with E-state index in [4.69, 9.17) is 14.2 Å². The zero-order chi connectivity index (χ0) is 57.1. The third-order valence-corrected chi connectivity index (χ3v) is 16.5. The Morgan fingerprint density at radius 3 is 0.722 bits per heavy atom. The second-order valence-corrected chi connectivity index (χ2v) is 24.5. The number of rotatable bonds is 67. The minimum atomic E-state index is -0.772. The maximum atomic E-state index is 12.9. The number of allylic oxidation sites excluding steroid dienone is 4. The van der Waals surface area contributed by atoms with Crippen molar-refractivity contribution in [3.8, 4) is 0 Å². The van der Waals surface area contributed by atoms with Gasteiger partial charge >= 0.3 is 17.9 Å². The van der Waals surface area contributed by atoms with Crippen LogP contribution in [0.25, 0.3) is 0 Å². The molecule has 0 rings (SSSR count). The molecule has 0 radical (unpaired) electrons. The van der Waals surface area contributed by atoms with Crippen LogP contribution in [0, 0.1) is 0 Å². The van der Waals surface area contributed by atoms with Crippen molar-refractivity contribution >= 4 is 17.9 Å². The maximum Gasteiger partial charge on any atom is 0.306 e.